The summed E-state index contributed by atoms with van der Waals surface area (Å²) in [6, 6.07) is 15.7. The van der Waals surface area contributed by atoms with E-state index in [0.717, 1.165) is 0 Å². The average molecular weight is 524 g/mol. The van der Waals surface area contributed by atoms with Gasteiger partial charge in [0.15, 0.2) is 0 Å². The van der Waals surface area contributed by atoms with E-state index in [1.807, 2.05) is 6.07 Å². The minimum Gasteiger partial charge on any atom is -0.497 e. The molecule has 3 rings (SSSR count). The van der Waals surface area contributed by atoms with Gasteiger partial charge in [-0.3, -0.25) is 14.9 Å². The van der Waals surface area contributed by atoms with Crippen LogP contribution in [0.5, 0.6) is 23.0 Å². The number of anilines is 1. The molecule has 0 spiro atoms. The van der Waals surface area contributed by atoms with Gasteiger partial charge < -0.3 is 24.3 Å². The molecule has 3 aromatic carbocycles. The summed E-state index contributed by atoms with van der Waals surface area (Å²) in [4.78, 5) is 23.3. The lowest BCUT2D eigenvalue weighted by atomic mass is 10.1. The largest absolute Gasteiger partial charge is 0.497 e. The zero-order chi connectivity index (χ0) is 26.9. The predicted molar refractivity (Wildman–Crippen MR) is 137 cm³/mol. The highest BCUT2D eigenvalue weighted by molar-refractivity contribution is 6.32. The van der Waals surface area contributed by atoms with Crippen LogP contribution < -0.4 is 24.3 Å². The first-order valence-corrected chi connectivity index (χ1v) is 11.1. The Bertz CT molecular complexity index is 1380. The molecule has 0 aromatic heterocycles. The van der Waals surface area contributed by atoms with Gasteiger partial charge in [0.05, 0.1) is 37.0 Å². The van der Waals surface area contributed by atoms with Gasteiger partial charge in [0.1, 0.15) is 41.2 Å². The summed E-state index contributed by atoms with van der Waals surface area (Å²) in [5.74, 6) is 0.744. The number of carbonyl (C=O) groups is 1. The fourth-order valence-corrected chi connectivity index (χ4v) is 3.44. The Hall–Kier alpha value is -4.75. The standard InChI is InChI=1S/C26H22ClN3O7/c1-34-20-9-6-17(23(11-20)37-15-16-4-7-19(8-5-16)30(32)33)10-18(14-28)26(31)29-22-13-24(35-2)21(27)12-25(22)36-3/h4-13H,15H2,1-3H3,(H,29,31)/b18-10+. The van der Waals surface area contributed by atoms with Crippen LogP contribution in [0.15, 0.2) is 60.2 Å². The molecule has 0 aliphatic heterocycles. The van der Waals surface area contributed by atoms with Gasteiger partial charge in [-0.15, -0.1) is 0 Å². The summed E-state index contributed by atoms with van der Waals surface area (Å²) in [6.45, 7) is 0.0852. The number of hydrogen-bond acceptors (Lipinski definition) is 8. The van der Waals surface area contributed by atoms with Crippen LogP contribution in [0.3, 0.4) is 0 Å². The van der Waals surface area contributed by atoms with Crippen LogP contribution in [0, 0.1) is 21.4 Å². The van der Waals surface area contributed by atoms with Crippen molar-refractivity contribution in [3.05, 3.63) is 86.4 Å². The maximum Gasteiger partial charge on any atom is 0.269 e. The molecule has 0 aliphatic carbocycles. The molecule has 1 N–H and O–H groups in total. The second-order valence-electron chi connectivity index (χ2n) is 7.43. The molecule has 10 nitrogen and oxygen atoms in total. The molecule has 0 saturated heterocycles. The van der Waals surface area contributed by atoms with Gasteiger partial charge in [-0.2, -0.15) is 5.26 Å². The van der Waals surface area contributed by atoms with Crippen molar-refractivity contribution < 1.29 is 28.7 Å². The maximum atomic E-state index is 12.9. The first-order chi connectivity index (χ1) is 17.8. The first kappa shape index (κ1) is 26.8. The van der Waals surface area contributed by atoms with Gasteiger partial charge in [-0.25, -0.2) is 0 Å². The number of halogens is 1. The third-order valence-electron chi connectivity index (χ3n) is 5.15. The molecule has 0 bridgehead atoms. The molecule has 0 unspecified atom stereocenters. The first-order valence-electron chi connectivity index (χ1n) is 10.7. The van der Waals surface area contributed by atoms with Crippen molar-refractivity contribution in [3.63, 3.8) is 0 Å². The van der Waals surface area contributed by atoms with E-state index in [0.29, 0.717) is 33.4 Å². The predicted octanol–water partition coefficient (Wildman–Crippen LogP) is 5.40. The van der Waals surface area contributed by atoms with Gasteiger partial charge in [0.2, 0.25) is 0 Å². The van der Waals surface area contributed by atoms with Gasteiger partial charge in [-0.05, 0) is 35.9 Å². The molecule has 0 aliphatic rings. The van der Waals surface area contributed by atoms with Crippen LogP contribution in [-0.4, -0.2) is 32.2 Å². The van der Waals surface area contributed by atoms with Crippen molar-refractivity contribution in [2.45, 2.75) is 6.61 Å². The van der Waals surface area contributed by atoms with Crippen molar-refractivity contribution >= 4 is 35.0 Å². The monoisotopic (exact) mass is 523 g/mol. The maximum absolute atomic E-state index is 12.9. The number of ether oxygens (including phenoxy) is 4. The Morgan fingerprint density at radius 3 is 2.32 bits per heavy atom. The van der Waals surface area contributed by atoms with E-state index >= 15 is 0 Å². The van der Waals surface area contributed by atoms with Gasteiger partial charge in [0.25, 0.3) is 11.6 Å². The zero-order valence-corrected chi connectivity index (χ0v) is 20.9. The number of hydrogen-bond donors (Lipinski definition) is 1. The fraction of sp³-hybridized carbons (Fsp3) is 0.154. The minimum absolute atomic E-state index is 0.0339. The van der Waals surface area contributed by atoms with E-state index in [1.165, 1.54) is 51.7 Å². The van der Waals surface area contributed by atoms with E-state index in [-0.39, 0.29) is 29.3 Å². The lowest BCUT2D eigenvalue weighted by Crippen LogP contribution is -2.14. The number of carbonyl (C=O) groups excluding carboxylic acids is 1. The number of nitro benzene ring substituents is 1. The number of amides is 1. The van der Waals surface area contributed by atoms with Crippen LogP contribution >= 0.6 is 11.6 Å². The number of benzene rings is 3. The van der Waals surface area contributed by atoms with Gasteiger partial charge >= 0.3 is 0 Å². The summed E-state index contributed by atoms with van der Waals surface area (Å²) in [5.41, 5.74) is 1.15. The third-order valence-corrected chi connectivity index (χ3v) is 5.44. The zero-order valence-electron chi connectivity index (χ0n) is 20.1. The number of methoxy groups -OCH3 is 3. The average Bonchev–Trinajstić information content (AvgIpc) is 2.91. The van der Waals surface area contributed by atoms with E-state index < -0.39 is 10.8 Å². The van der Waals surface area contributed by atoms with Crippen molar-refractivity contribution in [2.24, 2.45) is 0 Å². The van der Waals surface area contributed by atoms with E-state index in [9.17, 15) is 20.2 Å². The fourth-order valence-electron chi connectivity index (χ4n) is 3.21. The number of non-ortho nitro benzene ring substituents is 1. The lowest BCUT2D eigenvalue weighted by Gasteiger charge is -2.13. The molecule has 1 amide bonds. The number of nitriles is 1. The minimum atomic E-state index is -0.692. The second kappa shape index (κ2) is 12.3. The van der Waals surface area contributed by atoms with Crippen LogP contribution in [0.25, 0.3) is 6.08 Å². The Kier molecular flexibility index (Phi) is 8.91. The summed E-state index contributed by atoms with van der Waals surface area (Å²) in [7, 11) is 4.34. The Morgan fingerprint density at radius 1 is 1.03 bits per heavy atom. The van der Waals surface area contributed by atoms with E-state index in [2.05, 4.69) is 5.32 Å². The SMILES string of the molecule is COc1ccc(/C=C(\C#N)C(=O)Nc2cc(OC)c(Cl)cc2OC)c(OCc2ccc([N+](=O)[O-])cc2)c1. The van der Waals surface area contributed by atoms with E-state index in [4.69, 9.17) is 30.5 Å². The molecule has 11 heteroatoms. The lowest BCUT2D eigenvalue weighted by molar-refractivity contribution is -0.384. The van der Waals surface area contributed by atoms with Crippen LogP contribution in [0.2, 0.25) is 5.02 Å². The number of nitrogens with one attached hydrogen (secondary N) is 1. The summed E-state index contributed by atoms with van der Waals surface area (Å²) < 4.78 is 21.6. The Morgan fingerprint density at radius 2 is 1.73 bits per heavy atom. The number of nitro groups is 1. The molecule has 0 atom stereocenters. The molecule has 3 aromatic rings. The molecule has 0 radical (unpaired) electrons. The third kappa shape index (κ3) is 6.68. The van der Waals surface area contributed by atoms with Crippen molar-refractivity contribution in [2.75, 3.05) is 26.6 Å². The van der Waals surface area contributed by atoms with Gasteiger partial charge in [-0.1, -0.05) is 11.6 Å². The van der Waals surface area contributed by atoms with Crippen molar-refractivity contribution in [1.29, 1.82) is 5.26 Å². The summed E-state index contributed by atoms with van der Waals surface area (Å²) in [6.07, 6.45) is 1.37. The van der Waals surface area contributed by atoms with Crippen LogP contribution in [0.1, 0.15) is 11.1 Å². The molecular formula is C26H22ClN3O7. The quantitative estimate of drug-likeness (QED) is 0.162. The highest BCUT2D eigenvalue weighted by atomic mass is 35.5. The van der Waals surface area contributed by atoms with E-state index in [1.54, 1.807) is 30.3 Å². The Balaban J connectivity index is 1.88. The van der Waals surface area contributed by atoms with Crippen molar-refractivity contribution in [1.82, 2.24) is 0 Å². The number of nitrogens with zero attached hydrogens (tertiary/aromatic N) is 2. The Labute approximate surface area is 217 Å². The van der Waals surface area contributed by atoms with Crippen LogP contribution in [0.4, 0.5) is 11.4 Å². The smallest absolute Gasteiger partial charge is 0.269 e. The van der Waals surface area contributed by atoms with Crippen molar-refractivity contribution in [3.8, 4) is 29.1 Å². The molecular weight excluding hydrogens is 502 g/mol. The summed E-state index contributed by atoms with van der Waals surface area (Å²) in [5, 5.41) is 23.5. The summed E-state index contributed by atoms with van der Waals surface area (Å²) >= 11 is 6.12. The highest BCUT2D eigenvalue weighted by Gasteiger charge is 2.17. The van der Waals surface area contributed by atoms with Gasteiger partial charge in [0, 0.05) is 35.9 Å². The molecule has 190 valence electrons. The topological polar surface area (TPSA) is 133 Å². The van der Waals surface area contributed by atoms with Crippen LogP contribution in [-0.2, 0) is 11.4 Å². The highest BCUT2D eigenvalue weighted by Crippen LogP contribution is 2.36. The molecule has 0 saturated carbocycles. The second-order valence-corrected chi connectivity index (χ2v) is 7.83. The molecule has 0 fully saturated rings. The normalized spacial score (nSPS) is 10.7. The molecule has 37 heavy (non-hydrogen) atoms. The number of rotatable bonds is 10. The molecule has 0 heterocycles.